The van der Waals surface area contributed by atoms with Gasteiger partial charge >= 0.3 is 0 Å². The normalized spacial score (nSPS) is 9.48. The summed E-state index contributed by atoms with van der Waals surface area (Å²) in [5.41, 5.74) is 3.06. The average Bonchev–Trinajstić information content (AvgIpc) is 2.68. The quantitative estimate of drug-likeness (QED) is 0.731. The van der Waals surface area contributed by atoms with Gasteiger partial charge in [0.15, 0.2) is 5.57 Å². The van der Waals surface area contributed by atoms with Crippen LogP contribution in [0.2, 0.25) is 0 Å². The highest BCUT2D eigenvalue weighted by Crippen LogP contribution is 2.25. The number of aromatic nitrogens is 1. The van der Waals surface area contributed by atoms with E-state index in [0.717, 1.165) is 22.0 Å². The molecule has 3 aromatic rings. The van der Waals surface area contributed by atoms with Crippen LogP contribution in [-0.2, 0) is 0 Å². The van der Waals surface area contributed by atoms with Crippen molar-refractivity contribution in [2.75, 3.05) is 5.32 Å². The first-order valence-electron chi connectivity index (χ1n) is 7.42. The van der Waals surface area contributed by atoms with E-state index in [1.165, 1.54) is 0 Å². The first kappa shape index (κ1) is 15.7. The van der Waals surface area contributed by atoms with E-state index < -0.39 is 0 Å². The Kier molecular flexibility index (Phi) is 4.38. The molecule has 25 heavy (non-hydrogen) atoms. The Hall–Kier alpha value is -4.14. The molecule has 5 heteroatoms. The molecular weight excluding hydrogens is 310 g/mol. The van der Waals surface area contributed by atoms with Gasteiger partial charge in [-0.2, -0.15) is 15.8 Å². The largest absolute Gasteiger partial charge is 0.345 e. The van der Waals surface area contributed by atoms with Gasteiger partial charge in [0.25, 0.3) is 0 Å². The molecule has 1 heterocycles. The number of nitrogens with zero attached hydrogens (tertiary/aromatic N) is 4. The smallest absolute Gasteiger partial charge is 0.163 e. The number of nitrogens with one attached hydrogen (secondary N) is 1. The molecule has 0 atom stereocenters. The highest BCUT2D eigenvalue weighted by molar-refractivity contribution is 5.84. The Morgan fingerprint density at radius 3 is 2.40 bits per heavy atom. The van der Waals surface area contributed by atoms with Crippen molar-refractivity contribution < 1.29 is 0 Å². The fourth-order valence-electron chi connectivity index (χ4n) is 2.43. The molecule has 2 aromatic carbocycles. The summed E-state index contributed by atoms with van der Waals surface area (Å²) in [4.78, 5) is 4.45. The number of fused-ring (bicyclic) bond motifs is 1. The molecule has 3 rings (SSSR count). The second kappa shape index (κ2) is 6.96. The summed E-state index contributed by atoms with van der Waals surface area (Å²) in [6.07, 6.45) is 1.79. The summed E-state index contributed by atoms with van der Waals surface area (Å²) in [5, 5.41) is 30.8. The standard InChI is InChI=1S/C20H11N5/c21-10-17(11-22)20(12-23)25-18-6-3-5-14(9-18)16-8-15-4-1-2-7-19(15)24-13-16/h1-9,13,25H. The zero-order valence-corrected chi connectivity index (χ0v) is 13.1. The molecule has 0 aliphatic heterocycles. The maximum atomic E-state index is 9.14. The minimum absolute atomic E-state index is 0.0706. The van der Waals surface area contributed by atoms with Crippen molar-refractivity contribution in [1.82, 2.24) is 4.98 Å². The van der Waals surface area contributed by atoms with Gasteiger partial charge in [-0.15, -0.1) is 0 Å². The second-order valence-corrected chi connectivity index (χ2v) is 5.21. The fraction of sp³-hybridized carbons (Fsp3) is 0. The number of rotatable bonds is 3. The zero-order valence-electron chi connectivity index (χ0n) is 13.1. The molecule has 0 saturated carbocycles. The summed E-state index contributed by atoms with van der Waals surface area (Å²) < 4.78 is 0. The molecule has 116 valence electrons. The van der Waals surface area contributed by atoms with Gasteiger partial charge in [-0.05, 0) is 29.8 Å². The number of nitriles is 3. The van der Waals surface area contributed by atoms with Gasteiger partial charge in [-0.1, -0.05) is 30.3 Å². The van der Waals surface area contributed by atoms with Crippen LogP contribution in [-0.4, -0.2) is 4.98 Å². The number of anilines is 1. The lowest BCUT2D eigenvalue weighted by Gasteiger charge is -2.08. The molecule has 0 fully saturated rings. The van der Waals surface area contributed by atoms with E-state index in [1.54, 1.807) is 24.4 Å². The molecule has 1 aromatic heterocycles. The van der Waals surface area contributed by atoms with Crippen molar-refractivity contribution in [2.45, 2.75) is 0 Å². The molecular formula is C20H11N5. The van der Waals surface area contributed by atoms with Crippen molar-refractivity contribution in [3.63, 3.8) is 0 Å². The summed E-state index contributed by atoms with van der Waals surface area (Å²) in [6.45, 7) is 0. The maximum absolute atomic E-state index is 9.14. The summed E-state index contributed by atoms with van der Waals surface area (Å²) in [5.74, 6) is 0. The summed E-state index contributed by atoms with van der Waals surface area (Å²) >= 11 is 0. The molecule has 0 unspecified atom stereocenters. The van der Waals surface area contributed by atoms with Crippen LogP contribution < -0.4 is 5.32 Å². The average molecular weight is 321 g/mol. The lowest BCUT2D eigenvalue weighted by molar-refractivity contribution is 1.37. The molecule has 0 aliphatic carbocycles. The van der Waals surface area contributed by atoms with E-state index in [2.05, 4.69) is 10.3 Å². The Bertz CT molecular complexity index is 1090. The van der Waals surface area contributed by atoms with Gasteiger partial charge in [-0.3, -0.25) is 4.98 Å². The Labute approximate surface area is 144 Å². The molecule has 0 bridgehead atoms. The number of allylic oxidation sites excluding steroid dienone is 2. The third-order valence-electron chi connectivity index (χ3n) is 3.64. The van der Waals surface area contributed by atoms with Crippen LogP contribution in [0, 0.1) is 34.0 Å². The molecule has 5 nitrogen and oxygen atoms in total. The molecule has 0 amide bonds. The summed E-state index contributed by atoms with van der Waals surface area (Å²) in [6, 6.07) is 22.5. The predicted molar refractivity (Wildman–Crippen MR) is 94.7 cm³/mol. The van der Waals surface area contributed by atoms with Crippen molar-refractivity contribution in [2.24, 2.45) is 0 Å². The molecule has 0 radical (unpaired) electrons. The van der Waals surface area contributed by atoms with Gasteiger partial charge in [0.05, 0.1) is 5.52 Å². The van der Waals surface area contributed by atoms with Crippen molar-refractivity contribution >= 4 is 16.6 Å². The van der Waals surface area contributed by atoms with Crippen molar-refractivity contribution in [1.29, 1.82) is 15.8 Å². The number of hydrogen-bond donors (Lipinski definition) is 1. The van der Waals surface area contributed by atoms with E-state index in [1.807, 2.05) is 54.6 Å². The van der Waals surface area contributed by atoms with Crippen LogP contribution in [0.3, 0.4) is 0 Å². The van der Waals surface area contributed by atoms with Crippen molar-refractivity contribution in [3.05, 3.63) is 72.1 Å². The second-order valence-electron chi connectivity index (χ2n) is 5.21. The minimum atomic E-state index is -0.250. The Morgan fingerprint density at radius 2 is 1.64 bits per heavy atom. The fourth-order valence-corrected chi connectivity index (χ4v) is 2.43. The van der Waals surface area contributed by atoms with E-state index in [9.17, 15) is 0 Å². The maximum Gasteiger partial charge on any atom is 0.163 e. The number of hydrogen-bond acceptors (Lipinski definition) is 5. The Morgan fingerprint density at radius 1 is 0.840 bits per heavy atom. The molecule has 0 aliphatic rings. The predicted octanol–water partition coefficient (Wildman–Crippen LogP) is 4.14. The zero-order chi connectivity index (χ0) is 17.6. The first-order chi connectivity index (χ1) is 12.2. The Balaban J connectivity index is 1.99. The molecule has 0 saturated heterocycles. The number of para-hydroxylation sites is 1. The van der Waals surface area contributed by atoms with Gasteiger partial charge in [0.1, 0.15) is 23.9 Å². The highest BCUT2D eigenvalue weighted by atomic mass is 14.9. The third kappa shape index (κ3) is 3.29. The van der Waals surface area contributed by atoms with Gasteiger partial charge in [0, 0.05) is 22.8 Å². The van der Waals surface area contributed by atoms with Gasteiger partial charge in [0.2, 0.25) is 0 Å². The van der Waals surface area contributed by atoms with Crippen LogP contribution in [0.25, 0.3) is 22.0 Å². The van der Waals surface area contributed by atoms with Crippen LogP contribution in [0.4, 0.5) is 5.69 Å². The molecule has 0 spiro atoms. The van der Waals surface area contributed by atoms with Crippen molar-refractivity contribution in [3.8, 4) is 29.3 Å². The van der Waals surface area contributed by atoms with Crippen LogP contribution in [0.15, 0.2) is 72.1 Å². The van der Waals surface area contributed by atoms with E-state index >= 15 is 0 Å². The minimum Gasteiger partial charge on any atom is -0.345 e. The lowest BCUT2D eigenvalue weighted by atomic mass is 10.0. The van der Waals surface area contributed by atoms with Crippen LogP contribution in [0.5, 0.6) is 0 Å². The topological polar surface area (TPSA) is 96.3 Å². The van der Waals surface area contributed by atoms with Crippen LogP contribution in [0.1, 0.15) is 0 Å². The first-order valence-corrected chi connectivity index (χ1v) is 7.42. The number of benzene rings is 2. The van der Waals surface area contributed by atoms with Gasteiger partial charge in [-0.25, -0.2) is 0 Å². The highest BCUT2D eigenvalue weighted by Gasteiger charge is 2.07. The molecule has 1 N–H and O–H groups in total. The summed E-state index contributed by atoms with van der Waals surface area (Å²) in [7, 11) is 0. The van der Waals surface area contributed by atoms with Crippen LogP contribution >= 0.6 is 0 Å². The van der Waals surface area contributed by atoms with Gasteiger partial charge < -0.3 is 5.32 Å². The third-order valence-corrected chi connectivity index (χ3v) is 3.64. The monoisotopic (exact) mass is 321 g/mol. The SMILES string of the molecule is N#CC(C#N)=C(C#N)Nc1cccc(-c2cnc3ccccc3c2)c1. The van der Waals surface area contributed by atoms with E-state index in [-0.39, 0.29) is 11.3 Å². The lowest BCUT2D eigenvalue weighted by Crippen LogP contribution is -2.00. The number of pyridine rings is 1. The van der Waals surface area contributed by atoms with E-state index in [0.29, 0.717) is 5.69 Å². The van der Waals surface area contributed by atoms with E-state index in [4.69, 9.17) is 15.8 Å².